The van der Waals surface area contributed by atoms with Crippen molar-refractivity contribution < 1.29 is 13.6 Å². The van der Waals surface area contributed by atoms with E-state index < -0.39 is 7.60 Å². The molecule has 0 atom stereocenters. The molecule has 1 rings (SSSR count). The van der Waals surface area contributed by atoms with Crippen molar-refractivity contribution >= 4 is 13.8 Å². The van der Waals surface area contributed by atoms with Crippen LogP contribution >= 0.6 is 7.60 Å². The minimum atomic E-state index is -3.39. The largest absolute Gasteiger partial charge is 0.379 e. The highest BCUT2D eigenvalue weighted by molar-refractivity contribution is 7.58. The number of allylic oxidation sites excluding steroid dienone is 3. The molecule has 1 aromatic carbocycles. The maximum Gasteiger partial charge on any atom is 0.379 e. The molecule has 0 spiro atoms. The zero-order valence-electron chi connectivity index (χ0n) is 13.7. The molecule has 0 bridgehead atoms. The molecule has 4 nitrogen and oxygen atoms in total. The van der Waals surface area contributed by atoms with Crippen molar-refractivity contribution in [3.8, 4) is 0 Å². The minimum Gasteiger partial charge on any atom is -0.304 e. The fourth-order valence-corrected chi connectivity index (χ4v) is 3.18. The summed E-state index contributed by atoms with van der Waals surface area (Å²) in [4.78, 5) is 4.34. The van der Waals surface area contributed by atoms with Crippen LogP contribution in [-0.4, -0.2) is 19.4 Å². The number of hydrogen-bond acceptors (Lipinski definition) is 4. The van der Waals surface area contributed by atoms with Gasteiger partial charge in [-0.2, -0.15) is 0 Å². The molecule has 0 saturated carbocycles. The Balaban J connectivity index is 3.11. The van der Waals surface area contributed by atoms with E-state index in [0.717, 1.165) is 5.56 Å². The summed E-state index contributed by atoms with van der Waals surface area (Å²) in [5, 5.41) is 0. The van der Waals surface area contributed by atoms with Gasteiger partial charge in [0.15, 0.2) is 5.44 Å². The second-order valence-corrected chi connectivity index (χ2v) is 6.52. The summed E-state index contributed by atoms with van der Waals surface area (Å²) in [6, 6.07) is 7.92. The molecular formula is C17H24NO3P. The summed E-state index contributed by atoms with van der Waals surface area (Å²) >= 11 is 0. The lowest BCUT2D eigenvalue weighted by molar-refractivity contribution is 0.226. The molecule has 0 radical (unpaired) electrons. The second-order valence-electron chi connectivity index (χ2n) is 4.55. The number of aliphatic imine (C=N–C) groups is 1. The number of hydrogen-bond donors (Lipinski definition) is 0. The van der Waals surface area contributed by atoms with Gasteiger partial charge in [-0.1, -0.05) is 42.0 Å². The van der Waals surface area contributed by atoms with E-state index in [1.807, 2.05) is 44.2 Å². The van der Waals surface area contributed by atoms with E-state index in [4.69, 9.17) is 9.05 Å². The Morgan fingerprint density at radius 2 is 1.77 bits per heavy atom. The van der Waals surface area contributed by atoms with Crippen molar-refractivity contribution in [2.45, 2.75) is 27.7 Å². The molecule has 0 aromatic heterocycles. The first kappa shape index (κ1) is 18.6. The maximum atomic E-state index is 12.8. The van der Waals surface area contributed by atoms with Gasteiger partial charge >= 0.3 is 7.60 Å². The first-order valence-electron chi connectivity index (χ1n) is 7.39. The van der Waals surface area contributed by atoms with Gasteiger partial charge in [0.2, 0.25) is 0 Å². The van der Waals surface area contributed by atoms with Crippen molar-refractivity contribution in [2.24, 2.45) is 4.99 Å². The SMILES string of the molecule is C/C=C/C=C(\N=C\c1ccc(C)cc1)P(=O)(OCC)OCC. The smallest absolute Gasteiger partial charge is 0.304 e. The molecule has 1 aromatic rings. The average Bonchev–Trinajstić information content (AvgIpc) is 2.49. The van der Waals surface area contributed by atoms with Crippen LogP contribution in [0.3, 0.4) is 0 Å². The van der Waals surface area contributed by atoms with Gasteiger partial charge in [0.1, 0.15) is 0 Å². The highest BCUT2D eigenvalue weighted by Gasteiger charge is 2.28. The summed E-state index contributed by atoms with van der Waals surface area (Å²) in [6.45, 7) is 8.06. The summed E-state index contributed by atoms with van der Waals surface area (Å²) in [6.07, 6.45) is 6.94. The normalized spacial score (nSPS) is 13.4. The van der Waals surface area contributed by atoms with Crippen LogP contribution in [0, 0.1) is 6.92 Å². The van der Waals surface area contributed by atoms with Crippen molar-refractivity contribution in [2.75, 3.05) is 13.2 Å². The highest BCUT2D eigenvalue weighted by Crippen LogP contribution is 2.56. The lowest BCUT2D eigenvalue weighted by Gasteiger charge is -2.16. The van der Waals surface area contributed by atoms with E-state index in [2.05, 4.69) is 4.99 Å². The number of nitrogens with zero attached hydrogens (tertiary/aromatic N) is 1. The third-order valence-electron chi connectivity index (χ3n) is 2.74. The number of benzene rings is 1. The van der Waals surface area contributed by atoms with Crippen LogP contribution < -0.4 is 0 Å². The van der Waals surface area contributed by atoms with Crippen molar-refractivity contribution in [3.63, 3.8) is 0 Å². The monoisotopic (exact) mass is 321 g/mol. The predicted molar refractivity (Wildman–Crippen MR) is 92.5 cm³/mol. The molecule has 0 saturated heterocycles. The van der Waals surface area contributed by atoms with Gasteiger partial charge in [0, 0.05) is 6.21 Å². The van der Waals surface area contributed by atoms with E-state index in [1.54, 1.807) is 32.2 Å². The fourth-order valence-electron chi connectivity index (χ4n) is 1.69. The molecular weight excluding hydrogens is 297 g/mol. The Morgan fingerprint density at radius 1 is 1.18 bits per heavy atom. The van der Waals surface area contributed by atoms with E-state index in [0.29, 0.717) is 18.7 Å². The zero-order valence-corrected chi connectivity index (χ0v) is 14.5. The molecule has 0 amide bonds. The minimum absolute atomic E-state index is 0.296. The molecule has 0 aliphatic carbocycles. The van der Waals surface area contributed by atoms with E-state index in [1.165, 1.54) is 5.56 Å². The van der Waals surface area contributed by atoms with Gasteiger partial charge in [-0.3, -0.25) is 4.57 Å². The molecule has 0 unspecified atom stereocenters. The lowest BCUT2D eigenvalue weighted by atomic mass is 10.2. The first-order valence-corrected chi connectivity index (χ1v) is 8.93. The van der Waals surface area contributed by atoms with E-state index >= 15 is 0 Å². The standard InChI is InChI=1S/C17H24NO3P/c1-5-8-9-17(22(19,20-6-2)21-7-3)18-14-16-12-10-15(4)11-13-16/h5,8-14H,6-7H2,1-4H3/b8-5+,17-9+,18-14+. The van der Waals surface area contributed by atoms with Gasteiger partial charge in [-0.05, 0) is 39.3 Å². The number of rotatable bonds is 8. The Bertz CT molecular complexity index is 578. The van der Waals surface area contributed by atoms with Crippen LogP contribution in [0.2, 0.25) is 0 Å². The highest BCUT2D eigenvalue weighted by atomic mass is 31.2. The summed E-state index contributed by atoms with van der Waals surface area (Å²) < 4.78 is 23.5. The quantitative estimate of drug-likeness (QED) is 0.380. The molecule has 0 aliphatic rings. The van der Waals surface area contributed by atoms with Crippen molar-refractivity contribution in [1.29, 1.82) is 0 Å². The van der Waals surface area contributed by atoms with Crippen molar-refractivity contribution in [3.05, 3.63) is 59.1 Å². The van der Waals surface area contributed by atoms with Crippen LogP contribution in [0.25, 0.3) is 0 Å². The van der Waals surface area contributed by atoms with Gasteiger partial charge in [0.25, 0.3) is 0 Å². The Hall–Kier alpha value is -1.48. The predicted octanol–water partition coefficient (Wildman–Crippen LogP) is 5.10. The van der Waals surface area contributed by atoms with Crippen molar-refractivity contribution in [1.82, 2.24) is 0 Å². The van der Waals surface area contributed by atoms with E-state index in [-0.39, 0.29) is 0 Å². The van der Waals surface area contributed by atoms with Crippen LogP contribution in [0.5, 0.6) is 0 Å². The lowest BCUT2D eigenvalue weighted by Crippen LogP contribution is -1.98. The van der Waals surface area contributed by atoms with Crippen LogP contribution in [-0.2, 0) is 13.6 Å². The van der Waals surface area contributed by atoms with Crippen LogP contribution in [0.1, 0.15) is 31.9 Å². The molecule has 0 aliphatic heterocycles. The van der Waals surface area contributed by atoms with Gasteiger partial charge in [0.05, 0.1) is 13.2 Å². The molecule has 0 fully saturated rings. The zero-order chi connectivity index (χ0) is 16.4. The molecule has 120 valence electrons. The summed E-state index contributed by atoms with van der Waals surface area (Å²) in [5.41, 5.74) is 2.41. The Kier molecular flexibility index (Phi) is 8.03. The Morgan fingerprint density at radius 3 is 2.27 bits per heavy atom. The van der Waals surface area contributed by atoms with E-state index in [9.17, 15) is 4.57 Å². The summed E-state index contributed by atoms with van der Waals surface area (Å²) in [5.74, 6) is 0. The Labute approximate surface area is 133 Å². The fraction of sp³-hybridized carbons (Fsp3) is 0.353. The maximum absolute atomic E-state index is 12.8. The molecule has 0 heterocycles. The summed E-state index contributed by atoms with van der Waals surface area (Å²) in [7, 11) is -3.39. The van der Waals surface area contributed by atoms with Crippen LogP contribution in [0.4, 0.5) is 0 Å². The van der Waals surface area contributed by atoms with Gasteiger partial charge < -0.3 is 9.05 Å². The molecule has 0 N–H and O–H groups in total. The molecule has 5 heteroatoms. The third-order valence-corrected chi connectivity index (χ3v) is 4.76. The third kappa shape index (κ3) is 5.72. The average molecular weight is 321 g/mol. The van der Waals surface area contributed by atoms with Gasteiger partial charge in [-0.15, -0.1) is 0 Å². The second kappa shape index (κ2) is 9.52. The van der Waals surface area contributed by atoms with Gasteiger partial charge in [-0.25, -0.2) is 4.99 Å². The molecule has 22 heavy (non-hydrogen) atoms. The first-order chi connectivity index (χ1) is 10.6. The topological polar surface area (TPSA) is 47.9 Å². The van der Waals surface area contributed by atoms with Crippen LogP contribution in [0.15, 0.2) is 52.9 Å². The number of aryl methyl sites for hydroxylation is 1.